The highest BCUT2D eigenvalue weighted by Crippen LogP contribution is 2.38. The molecule has 0 aromatic heterocycles. The Balaban J connectivity index is 1.78. The van der Waals surface area contributed by atoms with Crippen LogP contribution in [0.25, 0.3) is 0 Å². The predicted octanol–water partition coefficient (Wildman–Crippen LogP) is 2.91. The molecular weight excluding hydrogens is 220 g/mol. The lowest BCUT2D eigenvalue weighted by Crippen LogP contribution is -2.55. The minimum atomic E-state index is 0.289. The number of benzene rings is 1. The SMILES string of the molecule is CC1(C)CCCC(N2Cc3ccccc3C2)C1N. The standard InChI is InChI=1S/C16H24N2/c1-16(2)9-5-8-14(15(16)17)18-10-12-6-3-4-7-13(12)11-18/h3-4,6-7,14-15H,5,8-11,17H2,1-2H3. The van der Waals surface area contributed by atoms with Crippen LogP contribution in [-0.2, 0) is 13.1 Å². The Hall–Kier alpha value is -0.860. The maximum absolute atomic E-state index is 6.53. The van der Waals surface area contributed by atoms with Gasteiger partial charge in [-0.15, -0.1) is 0 Å². The van der Waals surface area contributed by atoms with Crippen LogP contribution in [-0.4, -0.2) is 17.0 Å². The molecule has 2 unspecified atom stereocenters. The number of hydrogen-bond acceptors (Lipinski definition) is 2. The highest BCUT2D eigenvalue weighted by atomic mass is 15.2. The molecule has 1 saturated carbocycles. The van der Waals surface area contributed by atoms with Crippen LogP contribution >= 0.6 is 0 Å². The lowest BCUT2D eigenvalue weighted by atomic mass is 9.71. The summed E-state index contributed by atoms with van der Waals surface area (Å²) in [5.74, 6) is 0. The first-order chi connectivity index (χ1) is 8.58. The van der Waals surface area contributed by atoms with Gasteiger partial charge in [0.1, 0.15) is 0 Å². The summed E-state index contributed by atoms with van der Waals surface area (Å²) in [6.07, 6.45) is 3.85. The van der Waals surface area contributed by atoms with E-state index in [1.54, 1.807) is 0 Å². The van der Waals surface area contributed by atoms with Gasteiger partial charge in [-0.05, 0) is 29.4 Å². The van der Waals surface area contributed by atoms with Crippen LogP contribution in [0, 0.1) is 5.41 Å². The van der Waals surface area contributed by atoms with Crippen molar-refractivity contribution in [3.05, 3.63) is 35.4 Å². The molecule has 1 aliphatic heterocycles. The zero-order valence-corrected chi connectivity index (χ0v) is 11.5. The molecule has 0 saturated heterocycles. The van der Waals surface area contributed by atoms with Crippen molar-refractivity contribution >= 4 is 0 Å². The molecule has 0 spiro atoms. The molecule has 2 nitrogen and oxygen atoms in total. The highest BCUT2D eigenvalue weighted by molar-refractivity contribution is 5.30. The van der Waals surface area contributed by atoms with E-state index in [4.69, 9.17) is 5.73 Å². The second-order valence-electron chi connectivity index (χ2n) is 6.65. The molecule has 2 N–H and O–H groups in total. The Labute approximate surface area is 110 Å². The Morgan fingerprint density at radius 2 is 1.78 bits per heavy atom. The number of rotatable bonds is 1. The van der Waals surface area contributed by atoms with Gasteiger partial charge in [-0.1, -0.05) is 44.5 Å². The maximum atomic E-state index is 6.53. The normalized spacial score (nSPS) is 31.3. The molecule has 0 bridgehead atoms. The number of nitrogens with two attached hydrogens (primary N) is 1. The molecule has 2 aliphatic rings. The molecular formula is C16H24N2. The largest absolute Gasteiger partial charge is 0.326 e. The summed E-state index contributed by atoms with van der Waals surface area (Å²) in [5.41, 5.74) is 9.81. The van der Waals surface area contributed by atoms with Crippen LogP contribution in [0.15, 0.2) is 24.3 Å². The Morgan fingerprint density at radius 3 is 2.39 bits per heavy atom. The molecule has 2 heteroatoms. The molecule has 3 rings (SSSR count). The van der Waals surface area contributed by atoms with E-state index in [-0.39, 0.29) is 5.41 Å². The average Bonchev–Trinajstić information content (AvgIpc) is 2.76. The van der Waals surface area contributed by atoms with Crippen LogP contribution in [0.3, 0.4) is 0 Å². The van der Waals surface area contributed by atoms with Crippen molar-refractivity contribution < 1.29 is 0 Å². The monoisotopic (exact) mass is 244 g/mol. The molecule has 1 aromatic carbocycles. The van der Waals surface area contributed by atoms with E-state index in [2.05, 4.69) is 43.0 Å². The lowest BCUT2D eigenvalue weighted by Gasteiger charge is -2.45. The van der Waals surface area contributed by atoms with E-state index in [1.807, 2.05) is 0 Å². The molecule has 0 amide bonds. The van der Waals surface area contributed by atoms with Gasteiger partial charge in [0.2, 0.25) is 0 Å². The number of hydrogen-bond donors (Lipinski definition) is 1. The number of nitrogens with zero attached hydrogens (tertiary/aromatic N) is 1. The average molecular weight is 244 g/mol. The van der Waals surface area contributed by atoms with Crippen molar-refractivity contribution in [2.75, 3.05) is 0 Å². The molecule has 2 atom stereocenters. The van der Waals surface area contributed by atoms with E-state index in [0.717, 1.165) is 13.1 Å². The summed E-state index contributed by atoms with van der Waals surface area (Å²) < 4.78 is 0. The van der Waals surface area contributed by atoms with Crippen LogP contribution in [0.1, 0.15) is 44.2 Å². The molecule has 1 fully saturated rings. The van der Waals surface area contributed by atoms with Gasteiger partial charge in [-0.2, -0.15) is 0 Å². The highest BCUT2D eigenvalue weighted by Gasteiger charge is 2.40. The van der Waals surface area contributed by atoms with Crippen molar-refractivity contribution in [3.63, 3.8) is 0 Å². The Morgan fingerprint density at radius 1 is 1.17 bits per heavy atom. The minimum Gasteiger partial charge on any atom is -0.326 e. The lowest BCUT2D eigenvalue weighted by molar-refractivity contribution is 0.0659. The van der Waals surface area contributed by atoms with Gasteiger partial charge in [0.25, 0.3) is 0 Å². The van der Waals surface area contributed by atoms with Gasteiger partial charge in [-0.25, -0.2) is 0 Å². The molecule has 1 aliphatic carbocycles. The van der Waals surface area contributed by atoms with E-state index in [0.29, 0.717) is 12.1 Å². The molecule has 1 heterocycles. The van der Waals surface area contributed by atoms with Gasteiger partial charge in [0, 0.05) is 25.2 Å². The molecule has 1 aromatic rings. The molecule has 98 valence electrons. The summed E-state index contributed by atoms with van der Waals surface area (Å²) in [6.45, 7) is 6.83. The van der Waals surface area contributed by atoms with Crippen molar-refractivity contribution in [1.29, 1.82) is 0 Å². The van der Waals surface area contributed by atoms with Gasteiger partial charge < -0.3 is 5.73 Å². The summed E-state index contributed by atoms with van der Waals surface area (Å²) in [7, 11) is 0. The Kier molecular flexibility index (Phi) is 2.95. The van der Waals surface area contributed by atoms with Gasteiger partial charge >= 0.3 is 0 Å². The zero-order valence-electron chi connectivity index (χ0n) is 11.5. The fraction of sp³-hybridized carbons (Fsp3) is 0.625. The third kappa shape index (κ3) is 1.98. The third-order valence-electron chi connectivity index (χ3n) is 4.97. The van der Waals surface area contributed by atoms with Crippen molar-refractivity contribution in [2.24, 2.45) is 11.1 Å². The van der Waals surface area contributed by atoms with Crippen LogP contribution in [0.2, 0.25) is 0 Å². The third-order valence-corrected chi connectivity index (χ3v) is 4.97. The maximum Gasteiger partial charge on any atom is 0.0259 e. The zero-order chi connectivity index (χ0) is 12.8. The minimum absolute atomic E-state index is 0.289. The number of fused-ring (bicyclic) bond motifs is 1. The predicted molar refractivity (Wildman–Crippen MR) is 75.1 cm³/mol. The first kappa shape index (κ1) is 12.2. The molecule has 18 heavy (non-hydrogen) atoms. The van der Waals surface area contributed by atoms with Crippen LogP contribution in [0.5, 0.6) is 0 Å². The van der Waals surface area contributed by atoms with Crippen LogP contribution < -0.4 is 5.73 Å². The fourth-order valence-electron chi connectivity index (χ4n) is 3.64. The Bertz CT molecular complexity index is 413. The molecule has 0 radical (unpaired) electrons. The first-order valence-corrected chi connectivity index (χ1v) is 7.14. The van der Waals surface area contributed by atoms with E-state index in [9.17, 15) is 0 Å². The van der Waals surface area contributed by atoms with Crippen molar-refractivity contribution in [1.82, 2.24) is 4.90 Å². The summed E-state index contributed by atoms with van der Waals surface area (Å²) in [4.78, 5) is 2.59. The van der Waals surface area contributed by atoms with E-state index >= 15 is 0 Å². The summed E-state index contributed by atoms with van der Waals surface area (Å²) in [6, 6.07) is 9.67. The van der Waals surface area contributed by atoms with E-state index < -0.39 is 0 Å². The van der Waals surface area contributed by atoms with Crippen molar-refractivity contribution in [2.45, 2.75) is 58.3 Å². The smallest absolute Gasteiger partial charge is 0.0259 e. The topological polar surface area (TPSA) is 29.3 Å². The second-order valence-corrected chi connectivity index (χ2v) is 6.65. The second kappa shape index (κ2) is 4.36. The van der Waals surface area contributed by atoms with Crippen molar-refractivity contribution in [3.8, 4) is 0 Å². The fourth-order valence-corrected chi connectivity index (χ4v) is 3.64. The van der Waals surface area contributed by atoms with Gasteiger partial charge in [0.15, 0.2) is 0 Å². The van der Waals surface area contributed by atoms with Crippen LogP contribution in [0.4, 0.5) is 0 Å². The summed E-state index contributed by atoms with van der Waals surface area (Å²) >= 11 is 0. The quantitative estimate of drug-likeness (QED) is 0.823. The first-order valence-electron chi connectivity index (χ1n) is 7.14. The van der Waals surface area contributed by atoms with Gasteiger partial charge in [-0.3, -0.25) is 4.90 Å². The van der Waals surface area contributed by atoms with E-state index in [1.165, 1.54) is 30.4 Å². The van der Waals surface area contributed by atoms with Gasteiger partial charge in [0.05, 0.1) is 0 Å². The summed E-state index contributed by atoms with van der Waals surface area (Å²) in [5, 5.41) is 0.